The summed E-state index contributed by atoms with van der Waals surface area (Å²) in [5.41, 5.74) is -1.21. The molecule has 2 heterocycles. The molecule has 1 saturated heterocycles. The number of nitrogens with zero attached hydrogens (tertiary/aromatic N) is 1. The summed E-state index contributed by atoms with van der Waals surface area (Å²) in [7, 11) is 0. The monoisotopic (exact) mass is 286 g/mol. The van der Waals surface area contributed by atoms with Crippen molar-refractivity contribution in [2.75, 3.05) is 6.61 Å². The molecule has 1 aliphatic rings. The van der Waals surface area contributed by atoms with Gasteiger partial charge in [-0.1, -0.05) is 6.08 Å². The van der Waals surface area contributed by atoms with Crippen LogP contribution in [0.2, 0.25) is 0 Å². The SMILES string of the molecule is C=CCc1cn([C@@H]2O[C@H](CO)[C@@H](O)[C@@H]2F)c(=O)[nH]c1=O. The maximum atomic E-state index is 13.9. The molecule has 1 fully saturated rings. The Morgan fingerprint density at radius 2 is 2.25 bits per heavy atom. The first-order valence-electron chi connectivity index (χ1n) is 6.03. The lowest BCUT2D eigenvalue weighted by molar-refractivity contribution is -0.0492. The highest BCUT2D eigenvalue weighted by atomic mass is 19.1. The molecule has 0 aliphatic carbocycles. The van der Waals surface area contributed by atoms with Gasteiger partial charge in [-0.3, -0.25) is 14.3 Å². The lowest BCUT2D eigenvalue weighted by Crippen LogP contribution is -2.37. The number of aliphatic hydroxyl groups is 2. The third-order valence-corrected chi connectivity index (χ3v) is 3.15. The minimum atomic E-state index is -1.88. The van der Waals surface area contributed by atoms with Crippen molar-refractivity contribution in [2.24, 2.45) is 0 Å². The van der Waals surface area contributed by atoms with Crippen LogP contribution < -0.4 is 11.2 Å². The number of alkyl halides is 1. The number of nitrogens with one attached hydrogen (secondary N) is 1. The summed E-state index contributed by atoms with van der Waals surface area (Å²) in [6.45, 7) is 2.91. The van der Waals surface area contributed by atoms with Gasteiger partial charge >= 0.3 is 5.69 Å². The molecule has 4 atom stereocenters. The quantitative estimate of drug-likeness (QED) is 0.607. The Balaban J connectivity index is 2.43. The fraction of sp³-hybridized carbons (Fsp3) is 0.500. The predicted molar refractivity (Wildman–Crippen MR) is 67.1 cm³/mol. The van der Waals surface area contributed by atoms with Gasteiger partial charge in [0.25, 0.3) is 5.56 Å². The van der Waals surface area contributed by atoms with Gasteiger partial charge in [0.05, 0.1) is 6.61 Å². The van der Waals surface area contributed by atoms with E-state index in [1.165, 1.54) is 12.3 Å². The van der Waals surface area contributed by atoms with Crippen molar-refractivity contribution in [1.82, 2.24) is 9.55 Å². The van der Waals surface area contributed by atoms with Crippen molar-refractivity contribution >= 4 is 0 Å². The largest absolute Gasteiger partial charge is 0.394 e. The van der Waals surface area contributed by atoms with E-state index in [0.29, 0.717) is 0 Å². The summed E-state index contributed by atoms with van der Waals surface area (Å²) in [6.07, 6.45) is -3.09. The van der Waals surface area contributed by atoms with Crippen LogP contribution in [-0.4, -0.2) is 44.8 Å². The molecular weight excluding hydrogens is 271 g/mol. The zero-order chi connectivity index (χ0) is 14.9. The molecule has 0 saturated carbocycles. The van der Waals surface area contributed by atoms with E-state index < -0.39 is 42.5 Å². The lowest BCUT2D eigenvalue weighted by atomic mass is 10.1. The van der Waals surface area contributed by atoms with E-state index in [-0.39, 0.29) is 12.0 Å². The average Bonchev–Trinajstić information content (AvgIpc) is 2.70. The molecule has 1 aromatic rings. The van der Waals surface area contributed by atoms with Crippen LogP contribution in [-0.2, 0) is 11.2 Å². The summed E-state index contributed by atoms with van der Waals surface area (Å²) in [5.74, 6) is 0. The zero-order valence-corrected chi connectivity index (χ0v) is 10.5. The van der Waals surface area contributed by atoms with Gasteiger partial charge in [-0.15, -0.1) is 6.58 Å². The lowest BCUT2D eigenvalue weighted by Gasteiger charge is -2.16. The Bertz CT molecular complexity index is 611. The van der Waals surface area contributed by atoms with E-state index in [4.69, 9.17) is 9.84 Å². The number of H-pyrrole nitrogens is 1. The Hall–Kier alpha value is -1.77. The number of halogens is 1. The van der Waals surface area contributed by atoms with Gasteiger partial charge in [0.15, 0.2) is 12.4 Å². The highest BCUT2D eigenvalue weighted by Crippen LogP contribution is 2.30. The van der Waals surface area contributed by atoms with Crippen molar-refractivity contribution in [3.05, 3.63) is 45.3 Å². The summed E-state index contributed by atoms with van der Waals surface area (Å²) in [6, 6.07) is 0. The molecule has 110 valence electrons. The first kappa shape index (κ1) is 14.6. The minimum Gasteiger partial charge on any atom is -0.394 e. The molecule has 0 aromatic carbocycles. The molecule has 0 radical (unpaired) electrons. The fourth-order valence-corrected chi connectivity index (χ4v) is 2.10. The number of aromatic nitrogens is 2. The van der Waals surface area contributed by atoms with Crippen LogP contribution in [0.5, 0.6) is 0 Å². The number of aromatic amines is 1. The topological polar surface area (TPSA) is 105 Å². The normalized spacial score (nSPS) is 29.6. The molecule has 8 heteroatoms. The molecule has 0 amide bonds. The van der Waals surface area contributed by atoms with E-state index in [0.717, 1.165) is 4.57 Å². The Morgan fingerprint density at radius 1 is 1.55 bits per heavy atom. The molecule has 0 bridgehead atoms. The van der Waals surface area contributed by atoms with Crippen molar-refractivity contribution < 1.29 is 19.3 Å². The summed E-state index contributed by atoms with van der Waals surface area (Å²) >= 11 is 0. The van der Waals surface area contributed by atoms with Crippen LogP contribution in [0.25, 0.3) is 0 Å². The molecular formula is C12H15FN2O5. The third kappa shape index (κ3) is 2.45. The minimum absolute atomic E-state index is 0.200. The highest BCUT2D eigenvalue weighted by molar-refractivity contribution is 5.09. The first-order valence-corrected chi connectivity index (χ1v) is 6.03. The summed E-state index contributed by atoms with van der Waals surface area (Å²) in [4.78, 5) is 25.3. The Labute approximate surface area is 112 Å². The van der Waals surface area contributed by atoms with E-state index in [1.807, 2.05) is 0 Å². The third-order valence-electron chi connectivity index (χ3n) is 3.15. The highest BCUT2D eigenvalue weighted by Gasteiger charge is 2.45. The van der Waals surface area contributed by atoms with Gasteiger partial charge < -0.3 is 14.9 Å². The van der Waals surface area contributed by atoms with Gasteiger partial charge in [0, 0.05) is 11.8 Å². The molecule has 1 aliphatic heterocycles. The fourth-order valence-electron chi connectivity index (χ4n) is 2.10. The molecule has 0 unspecified atom stereocenters. The van der Waals surface area contributed by atoms with Crippen molar-refractivity contribution in [1.29, 1.82) is 0 Å². The van der Waals surface area contributed by atoms with Gasteiger partial charge in [0.2, 0.25) is 0 Å². The number of allylic oxidation sites excluding steroid dienone is 1. The summed E-state index contributed by atoms with van der Waals surface area (Å²) in [5, 5.41) is 18.5. The summed E-state index contributed by atoms with van der Waals surface area (Å²) < 4.78 is 19.9. The Morgan fingerprint density at radius 3 is 2.80 bits per heavy atom. The second-order valence-electron chi connectivity index (χ2n) is 4.50. The number of aliphatic hydroxyl groups excluding tert-OH is 2. The van der Waals surface area contributed by atoms with Crippen LogP contribution in [0.4, 0.5) is 4.39 Å². The van der Waals surface area contributed by atoms with E-state index >= 15 is 0 Å². The van der Waals surface area contributed by atoms with Gasteiger partial charge in [0.1, 0.15) is 12.2 Å². The molecule has 0 spiro atoms. The van der Waals surface area contributed by atoms with Crippen molar-refractivity contribution in [2.45, 2.75) is 31.0 Å². The van der Waals surface area contributed by atoms with E-state index in [9.17, 15) is 19.1 Å². The van der Waals surface area contributed by atoms with Gasteiger partial charge in [-0.25, -0.2) is 9.18 Å². The molecule has 3 N–H and O–H groups in total. The van der Waals surface area contributed by atoms with Crippen molar-refractivity contribution in [3.63, 3.8) is 0 Å². The average molecular weight is 286 g/mol. The van der Waals surface area contributed by atoms with Crippen LogP contribution in [0, 0.1) is 0 Å². The second kappa shape index (κ2) is 5.70. The molecule has 7 nitrogen and oxygen atoms in total. The van der Waals surface area contributed by atoms with Crippen LogP contribution >= 0.6 is 0 Å². The van der Waals surface area contributed by atoms with E-state index in [1.54, 1.807) is 0 Å². The predicted octanol–water partition coefficient (Wildman–Crippen LogP) is -1.15. The maximum Gasteiger partial charge on any atom is 0.330 e. The van der Waals surface area contributed by atoms with Crippen LogP contribution in [0.3, 0.4) is 0 Å². The smallest absolute Gasteiger partial charge is 0.330 e. The Kier molecular flexibility index (Phi) is 4.17. The number of rotatable bonds is 4. The van der Waals surface area contributed by atoms with Crippen molar-refractivity contribution in [3.8, 4) is 0 Å². The van der Waals surface area contributed by atoms with E-state index in [2.05, 4.69) is 11.6 Å². The maximum absolute atomic E-state index is 13.9. The first-order chi connectivity index (χ1) is 9.49. The molecule has 20 heavy (non-hydrogen) atoms. The number of hydrogen-bond acceptors (Lipinski definition) is 5. The number of ether oxygens (including phenoxy) is 1. The zero-order valence-electron chi connectivity index (χ0n) is 10.5. The van der Waals surface area contributed by atoms with Gasteiger partial charge in [-0.2, -0.15) is 0 Å². The van der Waals surface area contributed by atoms with Crippen LogP contribution in [0.15, 0.2) is 28.4 Å². The van der Waals surface area contributed by atoms with Gasteiger partial charge in [-0.05, 0) is 6.42 Å². The molecule has 2 rings (SSSR count). The second-order valence-corrected chi connectivity index (χ2v) is 4.50. The molecule has 1 aromatic heterocycles. The van der Waals surface area contributed by atoms with Crippen LogP contribution in [0.1, 0.15) is 11.8 Å². The number of hydrogen-bond donors (Lipinski definition) is 3. The standard InChI is InChI=1S/C12H15FN2O5/c1-2-3-6-4-15(12(19)14-10(6)18)11-8(13)9(17)7(5-16)20-11/h2,4,7-9,11,16-17H,1,3,5H2,(H,14,18,19)/t7-,8+,9-,11-/m1/s1.